The Morgan fingerprint density at radius 2 is 1.57 bits per heavy atom. The second-order valence-corrected chi connectivity index (χ2v) is 9.59. The zero-order valence-corrected chi connectivity index (χ0v) is 22.3. The minimum atomic E-state index is -1.42. The Kier molecular flexibility index (Phi) is 10.8. The van der Waals surface area contributed by atoms with Gasteiger partial charge in [0, 0.05) is 6.42 Å². The normalized spacial score (nSPS) is 14.2. The zero-order valence-electron chi connectivity index (χ0n) is 22.3. The number of carbonyl (C=O) groups is 5. The quantitative estimate of drug-likeness (QED) is 0.278. The third kappa shape index (κ3) is 8.97. The van der Waals surface area contributed by atoms with E-state index in [1.165, 1.54) is 0 Å². The molecule has 2 atom stereocenters. The number of rotatable bonds is 14. The van der Waals surface area contributed by atoms with Crippen LogP contribution in [0, 0.1) is 5.92 Å². The van der Waals surface area contributed by atoms with E-state index in [2.05, 4.69) is 16.0 Å². The van der Waals surface area contributed by atoms with E-state index in [1.54, 1.807) is 38.1 Å². The Labute approximate surface area is 231 Å². The first-order valence-electron chi connectivity index (χ1n) is 12.8. The van der Waals surface area contributed by atoms with Gasteiger partial charge in [-0.05, 0) is 17.0 Å². The molecule has 11 nitrogen and oxygen atoms in total. The van der Waals surface area contributed by atoms with Crippen molar-refractivity contribution in [2.45, 2.75) is 45.4 Å². The molecule has 1 aliphatic rings. The van der Waals surface area contributed by atoms with Gasteiger partial charge in [-0.3, -0.25) is 19.2 Å². The number of aliphatic carboxylic acids is 1. The molecule has 0 bridgehead atoms. The summed E-state index contributed by atoms with van der Waals surface area (Å²) in [6.45, 7) is 2.90. The van der Waals surface area contributed by atoms with Gasteiger partial charge in [0.1, 0.15) is 31.1 Å². The maximum absolute atomic E-state index is 13.0. The number of alkyl carbamates (subject to hydrolysis) is 1. The van der Waals surface area contributed by atoms with Crippen LogP contribution in [-0.2, 0) is 41.7 Å². The largest absolute Gasteiger partial charge is 0.488 e. The maximum Gasteiger partial charge on any atom is 0.408 e. The van der Waals surface area contributed by atoms with Gasteiger partial charge in [-0.25, -0.2) is 4.79 Å². The van der Waals surface area contributed by atoms with Crippen molar-refractivity contribution in [3.8, 4) is 0 Å². The molecule has 0 saturated heterocycles. The Morgan fingerprint density at radius 1 is 0.950 bits per heavy atom. The minimum absolute atomic E-state index is 0.00393. The lowest BCUT2D eigenvalue weighted by molar-refractivity contribution is -0.141. The van der Waals surface area contributed by atoms with Crippen molar-refractivity contribution in [2.75, 3.05) is 13.2 Å². The molecule has 3 amide bonds. The highest BCUT2D eigenvalue weighted by molar-refractivity contribution is 5.97. The first-order valence-corrected chi connectivity index (χ1v) is 12.8. The number of hydrogen-bond donors (Lipinski definition) is 4. The van der Waals surface area contributed by atoms with Crippen LogP contribution < -0.4 is 16.0 Å². The summed E-state index contributed by atoms with van der Waals surface area (Å²) in [5.41, 5.74) is 2.01. The van der Waals surface area contributed by atoms with E-state index >= 15 is 0 Å². The molecule has 0 saturated carbocycles. The predicted octanol–water partition coefficient (Wildman–Crippen LogP) is 2.11. The van der Waals surface area contributed by atoms with E-state index in [-0.39, 0.29) is 24.8 Å². The van der Waals surface area contributed by atoms with Crippen LogP contribution in [-0.4, -0.2) is 60.0 Å². The molecule has 212 valence electrons. The van der Waals surface area contributed by atoms with Crippen LogP contribution in [0.5, 0.6) is 0 Å². The van der Waals surface area contributed by atoms with Gasteiger partial charge < -0.3 is 30.5 Å². The molecule has 40 heavy (non-hydrogen) atoms. The highest BCUT2D eigenvalue weighted by atomic mass is 16.5. The molecule has 2 unspecified atom stereocenters. The number of Topliss-reactive ketones (excluding diaryl/α,β-unsaturated/α-hetero) is 1. The SMILES string of the molecule is CC(C)C(NC(=O)OCc1ccccc1)C(=O)NC(CC(=O)O)C(=O)COC1=C(Cc2ccccc2)C(=O)NC1. The number of nitrogens with one attached hydrogen (secondary N) is 3. The maximum atomic E-state index is 13.0. The van der Waals surface area contributed by atoms with E-state index in [4.69, 9.17) is 9.47 Å². The van der Waals surface area contributed by atoms with Crippen molar-refractivity contribution < 1.29 is 38.6 Å². The number of benzene rings is 2. The van der Waals surface area contributed by atoms with Crippen molar-refractivity contribution in [3.05, 3.63) is 83.1 Å². The average molecular weight is 552 g/mol. The average Bonchev–Trinajstić information content (AvgIpc) is 3.28. The van der Waals surface area contributed by atoms with E-state index in [9.17, 15) is 29.1 Å². The lowest BCUT2D eigenvalue weighted by Gasteiger charge is -2.24. The number of amides is 3. The van der Waals surface area contributed by atoms with Gasteiger partial charge in [-0.15, -0.1) is 0 Å². The molecule has 1 aliphatic heterocycles. The third-order valence-corrected chi connectivity index (χ3v) is 6.15. The van der Waals surface area contributed by atoms with Crippen molar-refractivity contribution in [3.63, 3.8) is 0 Å². The topological polar surface area (TPSA) is 160 Å². The Balaban J connectivity index is 1.62. The molecular weight excluding hydrogens is 518 g/mol. The number of hydrogen-bond acceptors (Lipinski definition) is 7. The Bertz CT molecular complexity index is 1240. The summed E-state index contributed by atoms with van der Waals surface area (Å²) in [5, 5.41) is 16.9. The molecule has 0 aliphatic carbocycles. The smallest absolute Gasteiger partial charge is 0.408 e. The summed E-state index contributed by atoms with van der Waals surface area (Å²) < 4.78 is 10.8. The van der Waals surface area contributed by atoms with Crippen molar-refractivity contribution >= 4 is 29.7 Å². The summed E-state index contributed by atoms with van der Waals surface area (Å²) in [6, 6.07) is 15.7. The van der Waals surface area contributed by atoms with Crippen LogP contribution >= 0.6 is 0 Å². The number of carboxylic acids is 1. The Hall–Kier alpha value is -4.67. The van der Waals surface area contributed by atoms with E-state index in [1.807, 2.05) is 36.4 Å². The van der Waals surface area contributed by atoms with Gasteiger partial charge >= 0.3 is 12.1 Å². The molecule has 0 spiro atoms. The molecule has 4 N–H and O–H groups in total. The summed E-state index contributed by atoms with van der Waals surface area (Å²) >= 11 is 0. The molecule has 2 aromatic carbocycles. The third-order valence-electron chi connectivity index (χ3n) is 6.15. The molecule has 2 aromatic rings. The van der Waals surface area contributed by atoms with Gasteiger partial charge in [-0.2, -0.15) is 0 Å². The minimum Gasteiger partial charge on any atom is -0.488 e. The highest BCUT2D eigenvalue weighted by Gasteiger charge is 2.31. The van der Waals surface area contributed by atoms with Gasteiger partial charge in [0.15, 0.2) is 5.78 Å². The van der Waals surface area contributed by atoms with Crippen LogP contribution in [0.1, 0.15) is 31.4 Å². The lowest BCUT2D eigenvalue weighted by atomic mass is 10.0. The van der Waals surface area contributed by atoms with Crippen LogP contribution in [0.3, 0.4) is 0 Å². The number of carboxylic acid groups (broad SMARTS) is 1. The second kappa shape index (κ2) is 14.5. The van der Waals surface area contributed by atoms with E-state index < -0.39 is 54.8 Å². The summed E-state index contributed by atoms with van der Waals surface area (Å²) in [7, 11) is 0. The highest BCUT2D eigenvalue weighted by Crippen LogP contribution is 2.18. The van der Waals surface area contributed by atoms with Crippen molar-refractivity contribution in [1.82, 2.24) is 16.0 Å². The molecular formula is C29H33N3O8. The van der Waals surface area contributed by atoms with Crippen molar-refractivity contribution in [1.29, 1.82) is 0 Å². The van der Waals surface area contributed by atoms with Crippen molar-refractivity contribution in [2.24, 2.45) is 5.92 Å². The number of ketones is 1. The monoisotopic (exact) mass is 551 g/mol. The summed E-state index contributed by atoms with van der Waals surface area (Å²) in [5.74, 6) is -3.18. The number of ether oxygens (including phenoxy) is 2. The fourth-order valence-electron chi connectivity index (χ4n) is 3.98. The molecule has 11 heteroatoms. The Morgan fingerprint density at radius 3 is 2.17 bits per heavy atom. The van der Waals surface area contributed by atoms with Gasteiger partial charge in [0.05, 0.1) is 18.5 Å². The fraction of sp³-hybridized carbons (Fsp3) is 0.345. The van der Waals surface area contributed by atoms with E-state index in [0.29, 0.717) is 12.0 Å². The first kappa shape index (κ1) is 29.9. The number of carbonyl (C=O) groups excluding carboxylic acids is 4. The second-order valence-electron chi connectivity index (χ2n) is 9.59. The molecule has 3 rings (SSSR count). The summed E-state index contributed by atoms with van der Waals surface area (Å²) in [6.07, 6.45) is -1.23. The molecule has 0 fully saturated rings. The fourth-order valence-corrected chi connectivity index (χ4v) is 3.98. The van der Waals surface area contributed by atoms with Crippen LogP contribution in [0.25, 0.3) is 0 Å². The van der Waals surface area contributed by atoms with Crippen LogP contribution in [0.2, 0.25) is 0 Å². The first-order chi connectivity index (χ1) is 19.1. The molecule has 1 heterocycles. The summed E-state index contributed by atoms with van der Waals surface area (Å²) in [4.78, 5) is 62.1. The molecule has 0 radical (unpaired) electrons. The predicted molar refractivity (Wildman–Crippen MR) is 144 cm³/mol. The van der Waals surface area contributed by atoms with Gasteiger partial charge in [0.25, 0.3) is 5.91 Å². The van der Waals surface area contributed by atoms with Gasteiger partial charge in [-0.1, -0.05) is 74.5 Å². The van der Waals surface area contributed by atoms with Gasteiger partial charge in [0.2, 0.25) is 5.91 Å². The van der Waals surface area contributed by atoms with Crippen LogP contribution in [0.15, 0.2) is 72.0 Å². The zero-order chi connectivity index (χ0) is 29.1. The van der Waals surface area contributed by atoms with E-state index in [0.717, 1.165) is 11.1 Å². The lowest BCUT2D eigenvalue weighted by Crippen LogP contribution is -2.54. The molecule has 0 aromatic heterocycles. The standard InChI is InChI=1S/C29H33N3O8/c1-18(2)26(32-29(38)40-16-20-11-7-4-8-12-20)28(37)31-22(14-25(34)35)23(33)17-39-24-15-30-27(36)21(24)13-19-9-5-3-6-10-19/h3-12,18,22,26H,13-17H2,1-2H3,(H,30,36)(H,31,37)(H,32,38)(H,34,35). The van der Waals surface area contributed by atoms with Crippen LogP contribution in [0.4, 0.5) is 4.79 Å².